The highest BCUT2D eigenvalue weighted by molar-refractivity contribution is 5.94. The number of likely N-dealkylation sites (tertiary alicyclic amines) is 1. The fourth-order valence-electron chi connectivity index (χ4n) is 3.15. The second-order valence-electron chi connectivity index (χ2n) is 6.07. The number of piperidine rings is 1. The molecule has 1 atom stereocenters. The topological polar surface area (TPSA) is 62.7 Å². The normalized spacial score (nSPS) is 16.7. The van der Waals surface area contributed by atoms with E-state index < -0.39 is 6.10 Å². The van der Waals surface area contributed by atoms with E-state index in [9.17, 15) is 9.90 Å². The summed E-state index contributed by atoms with van der Waals surface area (Å²) in [6, 6.07) is 13.1. The summed E-state index contributed by atoms with van der Waals surface area (Å²) >= 11 is 0. The van der Waals surface area contributed by atoms with Crippen LogP contribution in [0.15, 0.2) is 48.7 Å². The third kappa shape index (κ3) is 3.57. The van der Waals surface area contributed by atoms with Gasteiger partial charge in [-0.15, -0.1) is 0 Å². The predicted molar refractivity (Wildman–Crippen MR) is 90.8 cm³/mol. The van der Waals surface area contributed by atoms with Crippen molar-refractivity contribution in [2.24, 2.45) is 5.92 Å². The van der Waals surface area contributed by atoms with Gasteiger partial charge in [0, 0.05) is 25.4 Å². The van der Waals surface area contributed by atoms with Crippen molar-refractivity contribution in [2.75, 3.05) is 20.2 Å². The number of hydrogen-bond donors (Lipinski definition) is 1. The Balaban J connectivity index is 1.59. The van der Waals surface area contributed by atoms with Crippen molar-refractivity contribution in [1.82, 2.24) is 9.88 Å². The molecule has 0 bridgehead atoms. The molecule has 1 amide bonds. The van der Waals surface area contributed by atoms with Gasteiger partial charge in [0.25, 0.3) is 5.91 Å². The minimum Gasteiger partial charge on any atom is -0.481 e. The number of ether oxygens (including phenoxy) is 1. The van der Waals surface area contributed by atoms with Crippen molar-refractivity contribution >= 4 is 5.91 Å². The maximum Gasteiger partial charge on any atom is 0.255 e. The van der Waals surface area contributed by atoms with Crippen LogP contribution in [0.4, 0.5) is 0 Å². The molecule has 5 heteroatoms. The van der Waals surface area contributed by atoms with Gasteiger partial charge in [0.2, 0.25) is 5.88 Å². The van der Waals surface area contributed by atoms with Crippen LogP contribution >= 0.6 is 0 Å². The van der Waals surface area contributed by atoms with Gasteiger partial charge >= 0.3 is 0 Å². The SMILES string of the molecule is COc1ccc(C(=O)N2CCC([C@@H](O)c3ccccc3)CC2)cn1. The fourth-order valence-corrected chi connectivity index (χ4v) is 3.15. The van der Waals surface area contributed by atoms with Crippen LogP contribution in [0.3, 0.4) is 0 Å². The number of carbonyl (C=O) groups excluding carboxylic acids is 1. The van der Waals surface area contributed by atoms with Crippen molar-refractivity contribution in [3.63, 3.8) is 0 Å². The number of methoxy groups -OCH3 is 1. The molecule has 1 fully saturated rings. The summed E-state index contributed by atoms with van der Waals surface area (Å²) < 4.78 is 5.01. The summed E-state index contributed by atoms with van der Waals surface area (Å²) in [6.07, 6.45) is 2.68. The number of aromatic nitrogens is 1. The Kier molecular flexibility index (Phi) is 5.11. The zero-order chi connectivity index (χ0) is 16.9. The van der Waals surface area contributed by atoms with Crippen LogP contribution in [0.2, 0.25) is 0 Å². The Morgan fingerprint density at radius 2 is 1.92 bits per heavy atom. The highest BCUT2D eigenvalue weighted by atomic mass is 16.5. The average molecular weight is 326 g/mol. The van der Waals surface area contributed by atoms with E-state index in [1.807, 2.05) is 35.2 Å². The van der Waals surface area contributed by atoms with E-state index in [1.165, 1.54) is 0 Å². The molecule has 0 unspecified atom stereocenters. The lowest BCUT2D eigenvalue weighted by atomic mass is 9.87. The predicted octanol–water partition coefficient (Wildman–Crippen LogP) is 2.68. The number of aliphatic hydroxyl groups is 1. The summed E-state index contributed by atoms with van der Waals surface area (Å²) in [5, 5.41) is 10.5. The van der Waals surface area contributed by atoms with Crippen LogP contribution in [-0.4, -0.2) is 41.1 Å². The molecule has 0 saturated carbocycles. The summed E-state index contributed by atoms with van der Waals surface area (Å²) in [7, 11) is 1.55. The fraction of sp³-hybridized carbons (Fsp3) is 0.368. The van der Waals surface area contributed by atoms with Gasteiger partial charge in [0.1, 0.15) is 0 Å². The molecule has 24 heavy (non-hydrogen) atoms. The number of hydrogen-bond acceptors (Lipinski definition) is 4. The van der Waals surface area contributed by atoms with Crippen molar-refractivity contribution in [2.45, 2.75) is 18.9 Å². The molecule has 0 aliphatic carbocycles. The third-order valence-corrected chi connectivity index (χ3v) is 4.61. The number of carbonyl (C=O) groups is 1. The maximum atomic E-state index is 12.5. The van der Waals surface area contributed by atoms with E-state index in [2.05, 4.69) is 4.98 Å². The van der Waals surface area contributed by atoms with Gasteiger partial charge in [0.05, 0.1) is 18.8 Å². The zero-order valence-corrected chi connectivity index (χ0v) is 13.8. The number of amides is 1. The number of nitrogens with zero attached hydrogens (tertiary/aromatic N) is 2. The minimum absolute atomic E-state index is 0.0159. The first-order valence-electron chi connectivity index (χ1n) is 8.21. The molecule has 2 aromatic rings. The summed E-state index contributed by atoms with van der Waals surface area (Å²) in [4.78, 5) is 18.4. The van der Waals surface area contributed by atoms with Gasteiger partial charge in [-0.2, -0.15) is 0 Å². The van der Waals surface area contributed by atoms with E-state index >= 15 is 0 Å². The van der Waals surface area contributed by atoms with E-state index in [0.717, 1.165) is 18.4 Å². The minimum atomic E-state index is -0.467. The summed E-state index contributed by atoms with van der Waals surface area (Å²) in [6.45, 7) is 1.30. The first-order chi connectivity index (χ1) is 11.7. The smallest absolute Gasteiger partial charge is 0.255 e. The van der Waals surface area contributed by atoms with Gasteiger partial charge in [0.15, 0.2) is 0 Å². The molecule has 3 rings (SSSR count). The van der Waals surface area contributed by atoms with E-state index in [4.69, 9.17) is 4.74 Å². The van der Waals surface area contributed by atoms with Crippen LogP contribution < -0.4 is 4.74 Å². The van der Waals surface area contributed by atoms with Crippen molar-refractivity contribution in [1.29, 1.82) is 0 Å². The zero-order valence-electron chi connectivity index (χ0n) is 13.8. The average Bonchev–Trinajstić information content (AvgIpc) is 2.68. The van der Waals surface area contributed by atoms with E-state index in [0.29, 0.717) is 24.5 Å². The molecule has 5 nitrogen and oxygen atoms in total. The van der Waals surface area contributed by atoms with Gasteiger partial charge in [-0.3, -0.25) is 4.79 Å². The van der Waals surface area contributed by atoms with E-state index in [-0.39, 0.29) is 11.8 Å². The van der Waals surface area contributed by atoms with Crippen molar-refractivity contribution in [3.05, 3.63) is 59.8 Å². The van der Waals surface area contributed by atoms with Crippen LogP contribution in [-0.2, 0) is 0 Å². The molecule has 1 aliphatic rings. The third-order valence-electron chi connectivity index (χ3n) is 4.61. The molecule has 1 aromatic heterocycles. The summed E-state index contributed by atoms with van der Waals surface area (Å²) in [5.74, 6) is 0.666. The standard InChI is InChI=1S/C19H22N2O3/c1-24-17-8-7-16(13-20-17)19(23)21-11-9-15(10-12-21)18(22)14-5-3-2-4-6-14/h2-8,13,15,18,22H,9-12H2,1H3/t18-/m0/s1. The van der Waals surface area contributed by atoms with Crippen LogP contribution in [0.1, 0.15) is 34.9 Å². The molecule has 1 aromatic carbocycles. The number of benzene rings is 1. The molecular formula is C19H22N2O3. The van der Waals surface area contributed by atoms with Gasteiger partial charge in [-0.05, 0) is 30.4 Å². The quantitative estimate of drug-likeness (QED) is 0.938. The van der Waals surface area contributed by atoms with Gasteiger partial charge in [-0.1, -0.05) is 30.3 Å². The van der Waals surface area contributed by atoms with Crippen molar-refractivity contribution in [3.8, 4) is 5.88 Å². The second-order valence-corrected chi connectivity index (χ2v) is 6.07. The Labute approximate surface area is 141 Å². The first kappa shape index (κ1) is 16.5. The Bertz CT molecular complexity index is 665. The monoisotopic (exact) mass is 326 g/mol. The molecule has 0 spiro atoms. The molecule has 126 valence electrons. The first-order valence-corrected chi connectivity index (χ1v) is 8.21. The molecule has 1 saturated heterocycles. The lowest BCUT2D eigenvalue weighted by Gasteiger charge is -2.34. The Morgan fingerprint density at radius 3 is 2.50 bits per heavy atom. The number of aliphatic hydroxyl groups excluding tert-OH is 1. The van der Waals surface area contributed by atoms with Gasteiger partial charge in [-0.25, -0.2) is 4.98 Å². The number of rotatable bonds is 4. The molecule has 1 aliphatic heterocycles. The molecule has 1 N–H and O–H groups in total. The highest BCUT2D eigenvalue weighted by Gasteiger charge is 2.28. The molecule has 0 radical (unpaired) electrons. The Hall–Kier alpha value is -2.40. The van der Waals surface area contributed by atoms with Gasteiger partial charge < -0.3 is 14.7 Å². The molecular weight excluding hydrogens is 304 g/mol. The summed E-state index contributed by atoms with van der Waals surface area (Å²) in [5.41, 5.74) is 1.51. The van der Waals surface area contributed by atoms with Crippen LogP contribution in [0.25, 0.3) is 0 Å². The highest BCUT2D eigenvalue weighted by Crippen LogP contribution is 2.31. The largest absolute Gasteiger partial charge is 0.481 e. The lowest BCUT2D eigenvalue weighted by molar-refractivity contribution is 0.0462. The Morgan fingerprint density at radius 1 is 1.21 bits per heavy atom. The maximum absolute atomic E-state index is 12.5. The van der Waals surface area contributed by atoms with Crippen molar-refractivity contribution < 1.29 is 14.6 Å². The van der Waals surface area contributed by atoms with Crippen LogP contribution in [0, 0.1) is 5.92 Å². The van der Waals surface area contributed by atoms with Crippen LogP contribution in [0.5, 0.6) is 5.88 Å². The second kappa shape index (κ2) is 7.45. The lowest BCUT2D eigenvalue weighted by Crippen LogP contribution is -2.39. The van der Waals surface area contributed by atoms with E-state index in [1.54, 1.807) is 25.4 Å². The number of pyridine rings is 1. The molecule has 2 heterocycles.